The number of nitrogens with zero attached hydrogens (tertiary/aromatic N) is 1. The molecule has 7 heteroatoms. The Morgan fingerprint density at radius 2 is 2.30 bits per heavy atom. The van der Waals surface area contributed by atoms with Gasteiger partial charge in [-0.1, -0.05) is 12.1 Å². The van der Waals surface area contributed by atoms with E-state index in [4.69, 9.17) is 15.3 Å². The van der Waals surface area contributed by atoms with Crippen molar-refractivity contribution in [2.24, 2.45) is 5.84 Å². The predicted molar refractivity (Wildman–Crippen MR) is 75.3 cm³/mol. The molecule has 1 amide bonds. The van der Waals surface area contributed by atoms with E-state index in [9.17, 15) is 4.79 Å². The van der Waals surface area contributed by atoms with E-state index in [0.717, 1.165) is 11.3 Å². The molecule has 106 valence electrons. The van der Waals surface area contributed by atoms with E-state index in [0.29, 0.717) is 23.9 Å². The molecule has 20 heavy (non-hydrogen) atoms. The van der Waals surface area contributed by atoms with Crippen molar-refractivity contribution in [3.8, 4) is 5.75 Å². The van der Waals surface area contributed by atoms with Gasteiger partial charge in [-0.3, -0.25) is 10.2 Å². The van der Waals surface area contributed by atoms with Crippen LogP contribution in [0.1, 0.15) is 21.1 Å². The molecule has 3 N–H and O–H groups in total. The molecule has 2 aromatic rings. The lowest BCUT2D eigenvalue weighted by molar-refractivity contribution is 0.0953. The summed E-state index contributed by atoms with van der Waals surface area (Å²) in [7, 11) is 1.65. The fourth-order valence-electron chi connectivity index (χ4n) is 1.59. The van der Waals surface area contributed by atoms with Crippen LogP contribution in [0.5, 0.6) is 5.75 Å². The number of nitrogen functional groups attached to an aromatic ring is 1. The van der Waals surface area contributed by atoms with Gasteiger partial charge in [0.1, 0.15) is 12.4 Å². The molecule has 1 aromatic heterocycles. The predicted octanol–water partition coefficient (Wildman–Crippen LogP) is 1.47. The minimum atomic E-state index is -0.400. The molecule has 0 radical (unpaired) electrons. The fraction of sp³-hybridized carbons (Fsp3) is 0.231. The largest absolute Gasteiger partial charge is 0.487 e. The maximum Gasteiger partial charge on any atom is 0.294 e. The van der Waals surface area contributed by atoms with E-state index in [-0.39, 0.29) is 0 Å². The van der Waals surface area contributed by atoms with E-state index in [2.05, 4.69) is 4.98 Å². The van der Waals surface area contributed by atoms with E-state index in [1.165, 1.54) is 11.3 Å². The van der Waals surface area contributed by atoms with Crippen molar-refractivity contribution in [2.75, 3.05) is 7.11 Å². The summed E-state index contributed by atoms with van der Waals surface area (Å²) in [6.07, 6.45) is 0. The number of carbonyl (C=O) groups excluding carboxylic acids is 1. The molecule has 0 fully saturated rings. The highest BCUT2D eigenvalue weighted by Crippen LogP contribution is 2.17. The average Bonchev–Trinajstić information content (AvgIpc) is 2.94. The molecule has 0 aliphatic rings. The van der Waals surface area contributed by atoms with Gasteiger partial charge in [0, 0.05) is 12.5 Å². The van der Waals surface area contributed by atoms with Crippen LogP contribution in [-0.4, -0.2) is 18.0 Å². The van der Waals surface area contributed by atoms with Crippen LogP contribution >= 0.6 is 11.3 Å². The molecular weight excluding hydrogens is 278 g/mol. The smallest absolute Gasteiger partial charge is 0.294 e. The third-order valence-electron chi connectivity index (χ3n) is 2.47. The lowest BCUT2D eigenvalue weighted by Crippen LogP contribution is -2.29. The summed E-state index contributed by atoms with van der Waals surface area (Å²) in [6, 6.07) is 7.63. The van der Waals surface area contributed by atoms with Crippen molar-refractivity contribution >= 4 is 17.2 Å². The lowest BCUT2D eigenvalue weighted by atomic mass is 10.2. The third-order valence-corrected chi connectivity index (χ3v) is 3.36. The second-order valence-corrected chi connectivity index (χ2v) is 4.84. The lowest BCUT2D eigenvalue weighted by Gasteiger charge is -2.06. The number of amides is 1. The second kappa shape index (κ2) is 6.99. The summed E-state index contributed by atoms with van der Waals surface area (Å²) < 4.78 is 10.7. The summed E-state index contributed by atoms with van der Waals surface area (Å²) in [4.78, 5) is 15.4. The van der Waals surface area contributed by atoms with Gasteiger partial charge in [0.05, 0.1) is 12.3 Å². The molecule has 6 nitrogen and oxygen atoms in total. The van der Waals surface area contributed by atoms with E-state index in [1.54, 1.807) is 12.5 Å². The zero-order valence-electron chi connectivity index (χ0n) is 11.0. The van der Waals surface area contributed by atoms with Crippen LogP contribution in [0, 0.1) is 0 Å². The number of carbonyl (C=O) groups is 1. The number of hydrazine groups is 1. The average molecular weight is 293 g/mol. The van der Waals surface area contributed by atoms with Gasteiger partial charge in [-0.2, -0.15) is 0 Å². The first-order valence-electron chi connectivity index (χ1n) is 5.89. The number of hydrogen-bond acceptors (Lipinski definition) is 6. The van der Waals surface area contributed by atoms with Crippen molar-refractivity contribution in [3.05, 3.63) is 45.9 Å². The Morgan fingerprint density at radius 3 is 3.05 bits per heavy atom. The van der Waals surface area contributed by atoms with Gasteiger partial charge in [0.25, 0.3) is 5.91 Å². The monoisotopic (exact) mass is 293 g/mol. The number of ether oxygens (including phenoxy) is 2. The Balaban J connectivity index is 1.96. The van der Waals surface area contributed by atoms with Crippen LogP contribution in [0.15, 0.2) is 29.6 Å². The molecule has 0 aliphatic carbocycles. The normalized spacial score (nSPS) is 10.3. The molecule has 0 saturated carbocycles. The SMILES string of the molecule is COCc1cccc(OCc2csc(C(=O)NN)n2)c1. The van der Waals surface area contributed by atoms with Crippen LogP contribution in [0.25, 0.3) is 0 Å². The Kier molecular flexibility index (Phi) is 5.05. The number of nitrogens with two attached hydrogens (primary N) is 1. The van der Waals surface area contributed by atoms with Crippen LogP contribution < -0.4 is 16.0 Å². The van der Waals surface area contributed by atoms with E-state index in [1.807, 2.05) is 29.7 Å². The molecule has 0 unspecified atom stereocenters. The number of nitrogens with one attached hydrogen (secondary N) is 1. The highest BCUT2D eigenvalue weighted by Gasteiger charge is 2.09. The van der Waals surface area contributed by atoms with Gasteiger partial charge >= 0.3 is 0 Å². The first-order valence-corrected chi connectivity index (χ1v) is 6.77. The number of aromatic nitrogens is 1. The van der Waals surface area contributed by atoms with Gasteiger partial charge < -0.3 is 9.47 Å². The number of thiazole rings is 1. The molecule has 1 heterocycles. The van der Waals surface area contributed by atoms with Gasteiger partial charge in [-0.15, -0.1) is 11.3 Å². The van der Waals surface area contributed by atoms with Gasteiger partial charge in [-0.05, 0) is 17.7 Å². The molecule has 0 bridgehead atoms. The maximum absolute atomic E-state index is 11.3. The molecule has 2 rings (SSSR count). The topological polar surface area (TPSA) is 86.5 Å². The molecule has 0 saturated heterocycles. The first kappa shape index (κ1) is 14.4. The van der Waals surface area contributed by atoms with Crippen molar-refractivity contribution < 1.29 is 14.3 Å². The number of rotatable bonds is 6. The van der Waals surface area contributed by atoms with Crippen molar-refractivity contribution in [2.45, 2.75) is 13.2 Å². The van der Waals surface area contributed by atoms with E-state index < -0.39 is 5.91 Å². The fourth-order valence-corrected chi connectivity index (χ4v) is 2.29. The van der Waals surface area contributed by atoms with Crippen LogP contribution in [-0.2, 0) is 18.0 Å². The van der Waals surface area contributed by atoms with Gasteiger partial charge in [0.15, 0.2) is 5.01 Å². The molecule has 0 spiro atoms. The van der Waals surface area contributed by atoms with Crippen molar-refractivity contribution in [3.63, 3.8) is 0 Å². The standard InChI is InChI=1S/C13H15N3O3S/c1-18-6-9-3-2-4-11(5-9)19-7-10-8-20-13(15-10)12(17)16-14/h2-5,8H,6-7,14H2,1H3,(H,16,17). The zero-order chi connectivity index (χ0) is 14.4. The summed E-state index contributed by atoms with van der Waals surface area (Å²) in [5.74, 6) is 5.38. The number of methoxy groups -OCH3 is 1. The summed E-state index contributed by atoms with van der Waals surface area (Å²) in [6.45, 7) is 0.833. The first-order chi connectivity index (χ1) is 9.72. The van der Waals surface area contributed by atoms with Crippen molar-refractivity contribution in [1.29, 1.82) is 0 Å². The van der Waals surface area contributed by atoms with Crippen molar-refractivity contribution in [1.82, 2.24) is 10.4 Å². The minimum absolute atomic E-state index is 0.296. The highest BCUT2D eigenvalue weighted by atomic mass is 32.1. The summed E-state index contributed by atoms with van der Waals surface area (Å²) in [5.41, 5.74) is 3.76. The summed E-state index contributed by atoms with van der Waals surface area (Å²) >= 11 is 1.23. The highest BCUT2D eigenvalue weighted by molar-refractivity contribution is 7.11. The number of benzene rings is 1. The maximum atomic E-state index is 11.3. The van der Waals surface area contributed by atoms with Gasteiger partial charge in [0.2, 0.25) is 0 Å². The van der Waals surface area contributed by atoms with E-state index >= 15 is 0 Å². The minimum Gasteiger partial charge on any atom is -0.487 e. The Bertz CT molecular complexity index is 586. The van der Waals surface area contributed by atoms with Crippen LogP contribution in [0.4, 0.5) is 0 Å². The van der Waals surface area contributed by atoms with Crippen LogP contribution in [0.3, 0.4) is 0 Å². The van der Waals surface area contributed by atoms with Gasteiger partial charge in [-0.25, -0.2) is 10.8 Å². The zero-order valence-corrected chi connectivity index (χ0v) is 11.8. The molecule has 0 aliphatic heterocycles. The molecule has 0 atom stereocenters. The van der Waals surface area contributed by atoms with Crippen LogP contribution in [0.2, 0.25) is 0 Å². The molecule has 1 aromatic carbocycles. The summed E-state index contributed by atoms with van der Waals surface area (Å²) in [5, 5.41) is 2.09. The second-order valence-electron chi connectivity index (χ2n) is 3.99. The number of hydrogen-bond donors (Lipinski definition) is 2. The Labute approximate surface area is 120 Å². The third kappa shape index (κ3) is 3.77. The Morgan fingerprint density at radius 1 is 1.45 bits per heavy atom. The molecular formula is C13H15N3O3S. The Hall–Kier alpha value is -1.96. The quantitative estimate of drug-likeness (QED) is 0.478.